The Hall–Kier alpha value is -2.16. The van der Waals surface area contributed by atoms with Gasteiger partial charge in [-0.15, -0.1) is 0 Å². The van der Waals surface area contributed by atoms with Crippen LogP contribution in [-0.2, 0) is 10.0 Å². The van der Waals surface area contributed by atoms with E-state index in [1.807, 2.05) is 0 Å². The number of pyridine rings is 1. The Kier molecular flexibility index (Phi) is 4.94. The molecular weight excluding hydrogens is 366 g/mol. The van der Waals surface area contributed by atoms with Crippen molar-refractivity contribution in [2.24, 2.45) is 0 Å². The lowest BCUT2D eigenvalue weighted by Crippen LogP contribution is -2.49. The fourth-order valence-corrected chi connectivity index (χ4v) is 4.26. The number of nitrogens with zero attached hydrogens (tertiary/aromatic N) is 3. The van der Waals surface area contributed by atoms with Crippen molar-refractivity contribution in [3.8, 4) is 0 Å². The van der Waals surface area contributed by atoms with Crippen LogP contribution < -0.4 is 4.90 Å². The molecule has 1 aromatic carbocycles. The van der Waals surface area contributed by atoms with Gasteiger partial charge >= 0.3 is 5.97 Å². The van der Waals surface area contributed by atoms with Crippen LogP contribution in [-0.4, -0.2) is 55.0 Å². The molecule has 0 atom stereocenters. The van der Waals surface area contributed by atoms with Crippen LogP contribution >= 0.6 is 11.6 Å². The van der Waals surface area contributed by atoms with Crippen molar-refractivity contribution in [2.45, 2.75) is 4.90 Å². The first-order valence-corrected chi connectivity index (χ1v) is 9.40. The number of aromatic carboxylic acids is 1. The second-order valence-corrected chi connectivity index (χ2v) is 7.90. The molecule has 0 bridgehead atoms. The largest absolute Gasteiger partial charge is 0.478 e. The topological polar surface area (TPSA) is 90.8 Å². The van der Waals surface area contributed by atoms with Crippen molar-refractivity contribution in [3.05, 3.63) is 53.2 Å². The molecule has 0 aliphatic carbocycles. The summed E-state index contributed by atoms with van der Waals surface area (Å²) in [6, 6.07) is 9.09. The molecule has 7 nitrogen and oxygen atoms in total. The van der Waals surface area contributed by atoms with Gasteiger partial charge < -0.3 is 10.0 Å². The lowest BCUT2D eigenvalue weighted by Gasteiger charge is -2.35. The molecule has 1 aliphatic rings. The molecule has 0 saturated carbocycles. The van der Waals surface area contributed by atoms with E-state index in [-0.39, 0.29) is 23.5 Å². The van der Waals surface area contributed by atoms with Gasteiger partial charge in [-0.2, -0.15) is 4.31 Å². The van der Waals surface area contributed by atoms with E-state index >= 15 is 0 Å². The van der Waals surface area contributed by atoms with Crippen molar-refractivity contribution < 1.29 is 18.3 Å². The summed E-state index contributed by atoms with van der Waals surface area (Å²) in [5, 5.41) is 9.74. The third-order valence-corrected chi connectivity index (χ3v) is 6.17. The summed E-state index contributed by atoms with van der Waals surface area (Å²) in [4.78, 5) is 17.4. The Labute approximate surface area is 150 Å². The zero-order valence-electron chi connectivity index (χ0n) is 13.2. The van der Waals surface area contributed by atoms with E-state index in [4.69, 9.17) is 11.6 Å². The van der Waals surface area contributed by atoms with Gasteiger partial charge in [0.1, 0.15) is 11.4 Å². The number of halogens is 1. The number of carboxylic acid groups (broad SMARTS) is 1. The lowest BCUT2D eigenvalue weighted by molar-refractivity contribution is 0.0697. The number of hydrogen-bond donors (Lipinski definition) is 1. The highest BCUT2D eigenvalue weighted by molar-refractivity contribution is 7.89. The summed E-state index contributed by atoms with van der Waals surface area (Å²) in [5.74, 6) is -0.696. The Morgan fingerprint density at radius 1 is 1.08 bits per heavy atom. The van der Waals surface area contributed by atoms with Crippen LogP contribution in [0.3, 0.4) is 0 Å². The molecule has 0 unspecified atom stereocenters. The van der Waals surface area contributed by atoms with E-state index in [9.17, 15) is 18.3 Å². The summed E-state index contributed by atoms with van der Waals surface area (Å²) in [7, 11) is -3.60. The summed E-state index contributed by atoms with van der Waals surface area (Å²) in [6.07, 6.45) is 1.53. The molecule has 0 spiro atoms. The standard InChI is InChI=1S/C16H16ClN3O4S/c17-12-3-5-13(6-4-12)25(23,24)20-10-8-19(9-11-20)15-14(16(21)22)2-1-7-18-15/h1-7H,8-11H2,(H,21,22). The number of hydrogen-bond acceptors (Lipinski definition) is 5. The number of benzene rings is 1. The SMILES string of the molecule is O=C(O)c1cccnc1N1CCN(S(=O)(=O)c2ccc(Cl)cc2)CC1. The zero-order chi connectivity index (χ0) is 18.0. The molecule has 0 radical (unpaired) electrons. The first-order valence-electron chi connectivity index (χ1n) is 7.58. The van der Waals surface area contributed by atoms with Gasteiger partial charge in [0.2, 0.25) is 10.0 Å². The second-order valence-electron chi connectivity index (χ2n) is 5.52. The maximum Gasteiger partial charge on any atom is 0.339 e. The number of carboxylic acids is 1. The fraction of sp³-hybridized carbons (Fsp3) is 0.250. The highest BCUT2D eigenvalue weighted by atomic mass is 35.5. The summed E-state index contributed by atoms with van der Waals surface area (Å²) >= 11 is 5.80. The first-order chi connectivity index (χ1) is 11.9. The predicted molar refractivity (Wildman–Crippen MR) is 93.6 cm³/mol. The molecule has 2 aromatic rings. The summed E-state index contributed by atoms with van der Waals surface area (Å²) in [6.45, 7) is 1.23. The maximum atomic E-state index is 12.7. The molecule has 132 valence electrons. The molecule has 2 heterocycles. The van der Waals surface area contributed by atoms with Crippen molar-refractivity contribution in [1.82, 2.24) is 9.29 Å². The van der Waals surface area contributed by atoms with Gasteiger partial charge in [0.15, 0.2) is 0 Å². The normalized spacial score (nSPS) is 16.0. The van der Waals surface area contributed by atoms with Crippen LogP contribution in [0, 0.1) is 0 Å². The minimum Gasteiger partial charge on any atom is -0.478 e. The van der Waals surface area contributed by atoms with Crippen LogP contribution in [0.1, 0.15) is 10.4 Å². The Morgan fingerprint density at radius 3 is 2.32 bits per heavy atom. The van der Waals surface area contributed by atoms with Crippen LogP contribution in [0.5, 0.6) is 0 Å². The van der Waals surface area contributed by atoms with E-state index in [0.29, 0.717) is 23.9 Å². The predicted octanol–water partition coefficient (Wildman–Crippen LogP) is 1.94. The maximum absolute atomic E-state index is 12.7. The smallest absolute Gasteiger partial charge is 0.339 e. The number of aromatic nitrogens is 1. The minimum absolute atomic E-state index is 0.108. The number of anilines is 1. The van der Waals surface area contributed by atoms with Gasteiger partial charge in [0, 0.05) is 37.4 Å². The number of carbonyl (C=O) groups is 1. The van der Waals surface area contributed by atoms with Gasteiger partial charge in [-0.1, -0.05) is 11.6 Å². The zero-order valence-corrected chi connectivity index (χ0v) is 14.7. The van der Waals surface area contributed by atoms with Gasteiger partial charge in [-0.25, -0.2) is 18.2 Å². The van der Waals surface area contributed by atoms with Crippen LogP contribution in [0.15, 0.2) is 47.5 Å². The van der Waals surface area contributed by atoms with Crippen LogP contribution in [0.2, 0.25) is 5.02 Å². The Morgan fingerprint density at radius 2 is 1.72 bits per heavy atom. The molecule has 1 saturated heterocycles. The van der Waals surface area contributed by atoms with E-state index in [2.05, 4.69) is 4.98 Å². The minimum atomic E-state index is -3.60. The van der Waals surface area contributed by atoms with Gasteiger partial charge in [0.25, 0.3) is 0 Å². The van der Waals surface area contributed by atoms with E-state index in [1.54, 1.807) is 11.0 Å². The Bertz CT molecular complexity index is 879. The van der Waals surface area contributed by atoms with E-state index in [0.717, 1.165) is 0 Å². The molecule has 1 N–H and O–H groups in total. The summed E-state index contributed by atoms with van der Waals surface area (Å²) < 4.78 is 26.7. The summed E-state index contributed by atoms with van der Waals surface area (Å²) in [5.41, 5.74) is 0.108. The molecule has 1 aliphatic heterocycles. The van der Waals surface area contributed by atoms with Crippen molar-refractivity contribution in [2.75, 3.05) is 31.1 Å². The number of sulfonamides is 1. The van der Waals surface area contributed by atoms with Crippen molar-refractivity contribution in [3.63, 3.8) is 0 Å². The Balaban J connectivity index is 1.76. The first kappa shape index (κ1) is 17.7. The average Bonchev–Trinajstić information content (AvgIpc) is 2.62. The van der Waals surface area contributed by atoms with Crippen molar-refractivity contribution >= 4 is 33.4 Å². The highest BCUT2D eigenvalue weighted by Gasteiger charge is 2.30. The van der Waals surface area contributed by atoms with E-state index < -0.39 is 16.0 Å². The van der Waals surface area contributed by atoms with Gasteiger partial charge in [-0.05, 0) is 36.4 Å². The van der Waals surface area contributed by atoms with Gasteiger partial charge in [-0.3, -0.25) is 0 Å². The third-order valence-electron chi connectivity index (χ3n) is 4.01. The van der Waals surface area contributed by atoms with Crippen molar-refractivity contribution in [1.29, 1.82) is 0 Å². The average molecular weight is 382 g/mol. The quantitative estimate of drug-likeness (QED) is 0.870. The van der Waals surface area contributed by atoms with Crippen LogP contribution in [0.4, 0.5) is 5.82 Å². The number of piperazine rings is 1. The molecular formula is C16H16ClN3O4S. The molecule has 25 heavy (non-hydrogen) atoms. The molecule has 0 amide bonds. The number of rotatable bonds is 4. The van der Waals surface area contributed by atoms with E-state index in [1.165, 1.54) is 40.8 Å². The fourth-order valence-electron chi connectivity index (χ4n) is 2.71. The monoisotopic (exact) mass is 381 g/mol. The molecule has 1 fully saturated rings. The second kappa shape index (κ2) is 6.99. The molecule has 1 aromatic heterocycles. The third kappa shape index (κ3) is 3.60. The lowest BCUT2D eigenvalue weighted by atomic mass is 10.2. The van der Waals surface area contributed by atoms with Crippen LogP contribution in [0.25, 0.3) is 0 Å². The van der Waals surface area contributed by atoms with Gasteiger partial charge in [0.05, 0.1) is 4.90 Å². The molecule has 9 heteroatoms. The molecule has 3 rings (SSSR count). The highest BCUT2D eigenvalue weighted by Crippen LogP contribution is 2.23.